The Balaban J connectivity index is 3.18. The van der Waals surface area contributed by atoms with Crippen LogP contribution in [0.4, 0.5) is 0 Å². The van der Waals surface area contributed by atoms with E-state index in [9.17, 15) is 8.42 Å². The lowest BCUT2D eigenvalue weighted by molar-refractivity contribution is 0.479. The van der Waals surface area contributed by atoms with Crippen LogP contribution >= 0.6 is 0 Å². The SMILES string of the molecule is N#CCCCCCCS(=O)(=O)O. The minimum Gasteiger partial charge on any atom is -0.286 e. The Morgan fingerprint density at radius 3 is 2.25 bits per heavy atom. The van der Waals surface area contributed by atoms with Gasteiger partial charge in [0.1, 0.15) is 0 Å². The normalized spacial score (nSPS) is 11.0. The first-order valence-corrected chi connectivity index (χ1v) is 5.49. The maximum atomic E-state index is 10.2. The molecule has 1 N–H and O–H groups in total. The largest absolute Gasteiger partial charge is 0.286 e. The summed E-state index contributed by atoms with van der Waals surface area (Å²) in [7, 11) is -3.78. The first kappa shape index (κ1) is 11.4. The Labute approximate surface area is 73.0 Å². The van der Waals surface area contributed by atoms with Crippen molar-refractivity contribution < 1.29 is 13.0 Å². The molecule has 0 aromatic rings. The third-order valence-electron chi connectivity index (χ3n) is 1.44. The first-order chi connectivity index (χ1) is 5.56. The second kappa shape index (κ2) is 5.98. The Kier molecular flexibility index (Phi) is 5.68. The highest BCUT2D eigenvalue weighted by atomic mass is 32.2. The van der Waals surface area contributed by atoms with Gasteiger partial charge in [-0.25, -0.2) is 0 Å². The highest BCUT2D eigenvalue weighted by Crippen LogP contribution is 2.03. The van der Waals surface area contributed by atoms with Gasteiger partial charge in [-0.05, 0) is 12.8 Å². The molecule has 0 fully saturated rings. The van der Waals surface area contributed by atoms with Crippen LogP contribution in [-0.4, -0.2) is 18.7 Å². The number of hydrogen-bond donors (Lipinski definition) is 1. The summed E-state index contributed by atoms with van der Waals surface area (Å²) in [6.45, 7) is 0. The zero-order chi connectivity index (χ0) is 9.45. The number of nitrogens with zero attached hydrogens (tertiary/aromatic N) is 1. The van der Waals surface area contributed by atoms with Crippen molar-refractivity contribution in [1.29, 1.82) is 5.26 Å². The van der Waals surface area contributed by atoms with E-state index in [4.69, 9.17) is 9.81 Å². The summed E-state index contributed by atoms with van der Waals surface area (Å²) in [5, 5.41) is 8.17. The van der Waals surface area contributed by atoms with Crippen LogP contribution in [0.3, 0.4) is 0 Å². The molecule has 0 aliphatic heterocycles. The summed E-state index contributed by atoms with van der Waals surface area (Å²) in [6, 6.07) is 2.01. The van der Waals surface area contributed by atoms with Gasteiger partial charge in [-0.2, -0.15) is 13.7 Å². The zero-order valence-electron chi connectivity index (χ0n) is 6.86. The molecular formula is C7H13NO3S. The fourth-order valence-electron chi connectivity index (χ4n) is 0.842. The molecule has 0 bridgehead atoms. The summed E-state index contributed by atoms with van der Waals surface area (Å²) in [4.78, 5) is 0. The van der Waals surface area contributed by atoms with Crippen LogP contribution in [0.25, 0.3) is 0 Å². The minimum absolute atomic E-state index is 0.167. The highest BCUT2D eigenvalue weighted by Gasteiger charge is 2.02. The fourth-order valence-corrected chi connectivity index (χ4v) is 1.41. The van der Waals surface area contributed by atoms with Crippen LogP contribution in [0.2, 0.25) is 0 Å². The van der Waals surface area contributed by atoms with E-state index in [2.05, 4.69) is 0 Å². The topological polar surface area (TPSA) is 78.2 Å². The van der Waals surface area contributed by atoms with Crippen molar-refractivity contribution >= 4 is 10.1 Å². The van der Waals surface area contributed by atoms with Crippen molar-refractivity contribution in [3.8, 4) is 6.07 Å². The van der Waals surface area contributed by atoms with Crippen LogP contribution in [-0.2, 0) is 10.1 Å². The van der Waals surface area contributed by atoms with E-state index in [-0.39, 0.29) is 5.75 Å². The maximum Gasteiger partial charge on any atom is 0.264 e. The van der Waals surface area contributed by atoms with Crippen LogP contribution in [0, 0.1) is 11.3 Å². The smallest absolute Gasteiger partial charge is 0.264 e. The molecule has 0 aliphatic carbocycles. The van der Waals surface area contributed by atoms with Gasteiger partial charge in [0, 0.05) is 6.42 Å². The van der Waals surface area contributed by atoms with Crippen molar-refractivity contribution in [2.45, 2.75) is 32.1 Å². The fraction of sp³-hybridized carbons (Fsp3) is 0.857. The van der Waals surface area contributed by atoms with E-state index in [1.165, 1.54) is 0 Å². The van der Waals surface area contributed by atoms with Gasteiger partial charge in [0.05, 0.1) is 11.8 Å². The summed E-state index contributed by atoms with van der Waals surface area (Å²) in [6.07, 6.45) is 3.41. The summed E-state index contributed by atoms with van der Waals surface area (Å²) < 4.78 is 28.8. The first-order valence-electron chi connectivity index (χ1n) is 3.88. The predicted molar refractivity (Wildman–Crippen MR) is 45.1 cm³/mol. The molecule has 5 heteroatoms. The van der Waals surface area contributed by atoms with Crippen molar-refractivity contribution in [2.24, 2.45) is 0 Å². The molecule has 0 aromatic heterocycles. The molecule has 0 radical (unpaired) electrons. The van der Waals surface area contributed by atoms with Gasteiger partial charge in [-0.3, -0.25) is 4.55 Å². The monoisotopic (exact) mass is 191 g/mol. The second-order valence-corrected chi connectivity index (χ2v) is 4.18. The van der Waals surface area contributed by atoms with Gasteiger partial charge in [0.25, 0.3) is 10.1 Å². The van der Waals surface area contributed by atoms with Crippen LogP contribution in [0.5, 0.6) is 0 Å². The molecule has 0 saturated heterocycles. The van der Waals surface area contributed by atoms with Gasteiger partial charge < -0.3 is 0 Å². The molecule has 4 nitrogen and oxygen atoms in total. The minimum atomic E-state index is -3.78. The van der Waals surface area contributed by atoms with Gasteiger partial charge in [0.15, 0.2) is 0 Å². The summed E-state index contributed by atoms with van der Waals surface area (Å²) >= 11 is 0. The molecule has 0 amide bonds. The van der Waals surface area contributed by atoms with Gasteiger partial charge in [-0.1, -0.05) is 12.8 Å². The van der Waals surface area contributed by atoms with Crippen LogP contribution < -0.4 is 0 Å². The number of rotatable bonds is 6. The molecule has 0 heterocycles. The van der Waals surface area contributed by atoms with Crippen molar-refractivity contribution in [3.63, 3.8) is 0 Å². The molecule has 0 aromatic carbocycles. The maximum absolute atomic E-state index is 10.2. The molecule has 0 saturated carbocycles. The molecule has 70 valence electrons. The van der Waals surface area contributed by atoms with Gasteiger partial charge >= 0.3 is 0 Å². The van der Waals surface area contributed by atoms with Gasteiger partial charge in [-0.15, -0.1) is 0 Å². The van der Waals surface area contributed by atoms with Gasteiger partial charge in [0.2, 0.25) is 0 Å². The molecular weight excluding hydrogens is 178 g/mol. The second-order valence-electron chi connectivity index (χ2n) is 2.61. The summed E-state index contributed by atoms with van der Waals surface area (Å²) in [5.41, 5.74) is 0. The highest BCUT2D eigenvalue weighted by molar-refractivity contribution is 7.85. The molecule has 0 aliphatic rings. The number of unbranched alkanes of at least 4 members (excludes halogenated alkanes) is 4. The lowest BCUT2D eigenvalue weighted by atomic mass is 10.2. The molecule has 0 unspecified atom stereocenters. The Morgan fingerprint density at radius 1 is 1.17 bits per heavy atom. The molecule has 0 spiro atoms. The number of nitriles is 1. The van der Waals surface area contributed by atoms with E-state index in [0.29, 0.717) is 12.8 Å². The summed E-state index contributed by atoms with van der Waals surface area (Å²) in [5.74, 6) is -0.167. The molecule has 0 rings (SSSR count). The van der Waals surface area contributed by atoms with Crippen molar-refractivity contribution in [3.05, 3.63) is 0 Å². The third-order valence-corrected chi connectivity index (χ3v) is 2.25. The Bertz CT molecular complexity index is 240. The lowest BCUT2D eigenvalue weighted by Gasteiger charge is -1.96. The predicted octanol–water partition coefficient (Wildman–Crippen LogP) is 1.35. The van der Waals surface area contributed by atoms with E-state index >= 15 is 0 Å². The zero-order valence-corrected chi connectivity index (χ0v) is 7.68. The van der Waals surface area contributed by atoms with Crippen LogP contribution in [0.15, 0.2) is 0 Å². The van der Waals surface area contributed by atoms with E-state index in [1.54, 1.807) is 0 Å². The van der Waals surface area contributed by atoms with Crippen molar-refractivity contribution in [1.82, 2.24) is 0 Å². The quantitative estimate of drug-likeness (QED) is 0.507. The van der Waals surface area contributed by atoms with Crippen LogP contribution in [0.1, 0.15) is 32.1 Å². The average molecular weight is 191 g/mol. The Hall–Kier alpha value is -0.600. The molecule has 12 heavy (non-hydrogen) atoms. The van der Waals surface area contributed by atoms with Crippen molar-refractivity contribution in [2.75, 3.05) is 5.75 Å². The van der Waals surface area contributed by atoms with E-state index in [0.717, 1.165) is 19.3 Å². The van der Waals surface area contributed by atoms with E-state index < -0.39 is 10.1 Å². The van der Waals surface area contributed by atoms with E-state index in [1.807, 2.05) is 6.07 Å². The standard InChI is InChI=1S/C7H13NO3S/c8-6-4-2-1-3-5-7-12(9,10)11/h1-5,7H2,(H,9,10,11). The third kappa shape index (κ3) is 9.40. The lowest BCUT2D eigenvalue weighted by Crippen LogP contribution is -2.03. The number of hydrogen-bond acceptors (Lipinski definition) is 3. The Morgan fingerprint density at radius 2 is 1.75 bits per heavy atom. The average Bonchev–Trinajstić information content (AvgIpc) is 1.94. The molecule has 0 atom stereocenters.